The van der Waals surface area contributed by atoms with Gasteiger partial charge in [-0.05, 0) is 19.4 Å². The van der Waals surface area contributed by atoms with Crippen molar-refractivity contribution in [3.63, 3.8) is 0 Å². The fourth-order valence-electron chi connectivity index (χ4n) is 2.98. The van der Waals surface area contributed by atoms with Gasteiger partial charge in [0.2, 0.25) is 0 Å². The Morgan fingerprint density at radius 1 is 1.31 bits per heavy atom. The molecular formula is C13H25NOS. The molecule has 2 rings (SSSR count). The molecule has 2 aliphatic rings. The van der Waals surface area contributed by atoms with Gasteiger partial charge in [0, 0.05) is 17.5 Å². The van der Waals surface area contributed by atoms with Crippen molar-refractivity contribution < 1.29 is 4.74 Å². The molecule has 1 saturated carbocycles. The average Bonchev–Trinajstić information content (AvgIpc) is 2.38. The van der Waals surface area contributed by atoms with Crippen molar-refractivity contribution in [3.8, 4) is 0 Å². The normalized spacial score (nSPS) is 30.2. The average molecular weight is 243 g/mol. The molecular weight excluding hydrogens is 218 g/mol. The third-order valence-electron chi connectivity index (χ3n) is 3.97. The highest BCUT2D eigenvalue weighted by Gasteiger charge is 2.26. The lowest BCUT2D eigenvalue weighted by atomic mass is 9.84. The summed E-state index contributed by atoms with van der Waals surface area (Å²) in [6.45, 7) is 0.943. The largest absolute Gasteiger partial charge is 0.375 e. The van der Waals surface area contributed by atoms with E-state index in [2.05, 4.69) is 12.4 Å². The molecule has 0 bridgehead atoms. The van der Waals surface area contributed by atoms with Crippen LogP contribution < -0.4 is 5.32 Å². The first-order chi connectivity index (χ1) is 7.90. The monoisotopic (exact) mass is 243 g/mol. The molecule has 0 radical (unpaired) electrons. The summed E-state index contributed by atoms with van der Waals surface area (Å²) < 4.78 is 5.89. The summed E-state index contributed by atoms with van der Waals surface area (Å²) in [6.07, 6.45) is 9.00. The summed E-state index contributed by atoms with van der Waals surface area (Å²) in [5, 5.41) is 3.48. The zero-order valence-corrected chi connectivity index (χ0v) is 11.2. The second-order valence-corrected chi connectivity index (χ2v) is 6.27. The molecule has 2 fully saturated rings. The van der Waals surface area contributed by atoms with Gasteiger partial charge in [0.25, 0.3) is 0 Å². The molecule has 0 aromatic rings. The maximum atomic E-state index is 5.89. The smallest absolute Gasteiger partial charge is 0.0818 e. The first-order valence-corrected chi connectivity index (χ1v) is 7.92. The standard InChI is InChI=1S/C13H25NOS/c1-14-12(13-10-16-8-7-15-13)9-11-5-3-2-4-6-11/h11-14H,2-10H2,1H3. The summed E-state index contributed by atoms with van der Waals surface area (Å²) in [5.41, 5.74) is 0. The molecule has 94 valence electrons. The summed E-state index contributed by atoms with van der Waals surface area (Å²) in [5.74, 6) is 3.30. The van der Waals surface area contributed by atoms with Crippen LogP contribution in [0.25, 0.3) is 0 Å². The Kier molecular flexibility index (Phi) is 5.46. The highest BCUT2D eigenvalue weighted by atomic mass is 32.2. The molecule has 2 unspecified atom stereocenters. The van der Waals surface area contributed by atoms with Crippen molar-refractivity contribution in [1.29, 1.82) is 0 Å². The number of ether oxygens (including phenoxy) is 1. The van der Waals surface area contributed by atoms with Gasteiger partial charge in [0.15, 0.2) is 0 Å². The van der Waals surface area contributed by atoms with Crippen LogP contribution in [0.1, 0.15) is 38.5 Å². The van der Waals surface area contributed by atoms with E-state index >= 15 is 0 Å². The highest BCUT2D eigenvalue weighted by molar-refractivity contribution is 7.99. The van der Waals surface area contributed by atoms with Crippen LogP contribution in [0.15, 0.2) is 0 Å². The van der Waals surface area contributed by atoms with Gasteiger partial charge in [-0.2, -0.15) is 11.8 Å². The van der Waals surface area contributed by atoms with Crippen LogP contribution in [0.4, 0.5) is 0 Å². The zero-order chi connectivity index (χ0) is 11.2. The molecule has 0 amide bonds. The van der Waals surface area contributed by atoms with Gasteiger partial charge in [-0.1, -0.05) is 32.1 Å². The Morgan fingerprint density at radius 3 is 2.75 bits per heavy atom. The lowest BCUT2D eigenvalue weighted by Gasteiger charge is -2.33. The van der Waals surface area contributed by atoms with Crippen LogP contribution in [0.3, 0.4) is 0 Å². The lowest BCUT2D eigenvalue weighted by Crippen LogP contribution is -2.44. The van der Waals surface area contributed by atoms with Gasteiger partial charge in [0.05, 0.1) is 12.7 Å². The van der Waals surface area contributed by atoms with Gasteiger partial charge in [-0.3, -0.25) is 0 Å². The van der Waals surface area contributed by atoms with E-state index in [1.54, 1.807) is 0 Å². The summed E-state index contributed by atoms with van der Waals surface area (Å²) in [4.78, 5) is 0. The molecule has 1 aliphatic heterocycles. The molecule has 16 heavy (non-hydrogen) atoms. The lowest BCUT2D eigenvalue weighted by molar-refractivity contribution is 0.0404. The molecule has 3 heteroatoms. The predicted molar refractivity (Wildman–Crippen MR) is 71.1 cm³/mol. The fourth-order valence-corrected chi connectivity index (χ4v) is 3.92. The van der Waals surface area contributed by atoms with E-state index in [4.69, 9.17) is 4.74 Å². The Morgan fingerprint density at radius 2 is 2.12 bits per heavy atom. The van der Waals surface area contributed by atoms with Crippen molar-refractivity contribution >= 4 is 11.8 Å². The molecule has 1 heterocycles. The summed E-state index contributed by atoms with van der Waals surface area (Å²) in [7, 11) is 2.09. The van der Waals surface area contributed by atoms with Crippen LogP contribution >= 0.6 is 11.8 Å². The van der Waals surface area contributed by atoms with E-state index in [1.165, 1.54) is 50.0 Å². The van der Waals surface area contributed by atoms with E-state index in [1.807, 2.05) is 11.8 Å². The number of hydrogen-bond donors (Lipinski definition) is 1. The maximum Gasteiger partial charge on any atom is 0.0818 e. The molecule has 2 nitrogen and oxygen atoms in total. The van der Waals surface area contributed by atoms with Crippen molar-refractivity contribution in [2.75, 3.05) is 25.2 Å². The molecule has 1 N–H and O–H groups in total. The van der Waals surface area contributed by atoms with Crippen molar-refractivity contribution in [3.05, 3.63) is 0 Å². The minimum atomic E-state index is 0.450. The van der Waals surface area contributed by atoms with Gasteiger partial charge < -0.3 is 10.1 Å². The molecule has 0 spiro atoms. The van der Waals surface area contributed by atoms with E-state index in [0.717, 1.165) is 12.5 Å². The molecule has 2 atom stereocenters. The van der Waals surface area contributed by atoms with Crippen molar-refractivity contribution in [1.82, 2.24) is 5.32 Å². The minimum absolute atomic E-state index is 0.450. The Bertz CT molecular complexity index is 188. The molecule has 1 aliphatic carbocycles. The predicted octanol–water partition coefficient (Wildman–Crippen LogP) is 2.68. The number of hydrogen-bond acceptors (Lipinski definition) is 3. The second-order valence-electron chi connectivity index (χ2n) is 5.12. The summed E-state index contributed by atoms with van der Waals surface area (Å²) in [6, 6.07) is 0.580. The number of thioether (sulfide) groups is 1. The van der Waals surface area contributed by atoms with Crippen LogP contribution in [0.5, 0.6) is 0 Å². The van der Waals surface area contributed by atoms with E-state index in [9.17, 15) is 0 Å². The second kappa shape index (κ2) is 6.87. The van der Waals surface area contributed by atoms with Crippen molar-refractivity contribution in [2.24, 2.45) is 5.92 Å². The minimum Gasteiger partial charge on any atom is -0.375 e. The van der Waals surface area contributed by atoms with Gasteiger partial charge in [0.1, 0.15) is 0 Å². The first-order valence-electron chi connectivity index (χ1n) is 6.76. The molecule has 1 saturated heterocycles. The quantitative estimate of drug-likeness (QED) is 0.820. The Labute approximate surface area is 104 Å². The fraction of sp³-hybridized carbons (Fsp3) is 1.00. The third kappa shape index (κ3) is 3.64. The number of likely N-dealkylation sites (N-methyl/N-ethyl adjacent to an activating group) is 1. The maximum absolute atomic E-state index is 5.89. The van der Waals surface area contributed by atoms with Gasteiger partial charge >= 0.3 is 0 Å². The molecule has 0 aromatic heterocycles. The van der Waals surface area contributed by atoms with Gasteiger partial charge in [-0.25, -0.2) is 0 Å². The van der Waals surface area contributed by atoms with Crippen LogP contribution in [-0.4, -0.2) is 37.3 Å². The topological polar surface area (TPSA) is 21.3 Å². The van der Waals surface area contributed by atoms with Gasteiger partial charge in [-0.15, -0.1) is 0 Å². The van der Waals surface area contributed by atoms with E-state index in [-0.39, 0.29) is 0 Å². The summed E-state index contributed by atoms with van der Waals surface area (Å²) >= 11 is 2.04. The first kappa shape index (κ1) is 12.7. The number of nitrogens with one attached hydrogen (secondary N) is 1. The highest BCUT2D eigenvalue weighted by Crippen LogP contribution is 2.29. The Balaban J connectivity index is 1.78. The van der Waals surface area contributed by atoms with E-state index < -0.39 is 0 Å². The Hall–Kier alpha value is 0.270. The SMILES string of the molecule is CNC(CC1CCCCC1)C1CSCCO1. The van der Waals surface area contributed by atoms with Crippen LogP contribution in [0, 0.1) is 5.92 Å². The van der Waals surface area contributed by atoms with Crippen molar-refractivity contribution in [2.45, 2.75) is 50.7 Å². The van der Waals surface area contributed by atoms with Crippen LogP contribution in [-0.2, 0) is 4.74 Å². The molecule has 0 aromatic carbocycles. The zero-order valence-electron chi connectivity index (χ0n) is 10.4. The number of rotatable bonds is 4. The van der Waals surface area contributed by atoms with Crippen LogP contribution in [0.2, 0.25) is 0 Å². The van der Waals surface area contributed by atoms with E-state index in [0.29, 0.717) is 12.1 Å². The third-order valence-corrected chi connectivity index (χ3v) is 4.99.